The van der Waals surface area contributed by atoms with E-state index in [0.29, 0.717) is 11.1 Å². The highest BCUT2D eigenvalue weighted by atomic mass is 16.5. The van der Waals surface area contributed by atoms with Gasteiger partial charge in [-0.1, -0.05) is 35.4 Å². The van der Waals surface area contributed by atoms with Crippen molar-refractivity contribution in [3.8, 4) is 17.4 Å². The minimum absolute atomic E-state index is 0.203. The average molecular weight is 291 g/mol. The van der Waals surface area contributed by atoms with Crippen molar-refractivity contribution in [1.29, 1.82) is 0 Å². The summed E-state index contributed by atoms with van der Waals surface area (Å²) in [7, 11) is 0. The molecule has 0 saturated heterocycles. The van der Waals surface area contributed by atoms with Crippen LogP contribution >= 0.6 is 0 Å². The maximum atomic E-state index is 11.4. The molecule has 22 heavy (non-hydrogen) atoms. The van der Waals surface area contributed by atoms with Gasteiger partial charge < -0.3 is 4.74 Å². The van der Waals surface area contributed by atoms with Gasteiger partial charge >= 0.3 is 6.01 Å². The van der Waals surface area contributed by atoms with E-state index in [4.69, 9.17) is 4.74 Å². The van der Waals surface area contributed by atoms with Crippen molar-refractivity contribution in [2.45, 2.75) is 0 Å². The molecule has 0 saturated carbocycles. The summed E-state index contributed by atoms with van der Waals surface area (Å²) in [6.07, 6.45) is 1.46. The van der Waals surface area contributed by atoms with Crippen LogP contribution in [0.2, 0.25) is 0 Å². The van der Waals surface area contributed by atoms with Crippen molar-refractivity contribution >= 4 is 12.0 Å². The Morgan fingerprint density at radius 1 is 1.00 bits per heavy atom. The van der Waals surface area contributed by atoms with Crippen LogP contribution in [0.4, 0.5) is 0 Å². The van der Waals surface area contributed by atoms with Gasteiger partial charge in [0.15, 0.2) is 5.75 Å². The predicted octanol–water partition coefficient (Wildman–Crippen LogP) is 0.395. The van der Waals surface area contributed by atoms with E-state index in [1.54, 1.807) is 18.2 Å². The van der Waals surface area contributed by atoms with Crippen molar-refractivity contribution in [2.24, 2.45) is 4.99 Å². The fraction of sp³-hybridized carbons (Fsp3) is 0. The van der Waals surface area contributed by atoms with Crippen molar-refractivity contribution in [3.05, 3.63) is 59.1 Å². The molecule has 2 heterocycles. The summed E-state index contributed by atoms with van der Waals surface area (Å²) >= 11 is 0. The highest BCUT2D eigenvalue weighted by molar-refractivity contribution is 6.06. The third-order valence-electron chi connectivity index (χ3n) is 3.17. The normalized spacial score (nSPS) is 12.5. The standard InChI is InChI=1S/C15H9N5O2/c21-13-9-10-5-4-8-12(14(10)16-13)22-15-17-18-19-20(15)11-6-2-1-3-7-11/h1-9H. The number of hydrogen-bond acceptors (Lipinski definition) is 5. The van der Waals surface area contributed by atoms with Crippen molar-refractivity contribution < 1.29 is 9.53 Å². The number of nitrogens with zero attached hydrogens (tertiary/aromatic N) is 5. The van der Waals surface area contributed by atoms with Crippen molar-refractivity contribution in [3.63, 3.8) is 0 Å². The first-order valence-corrected chi connectivity index (χ1v) is 6.56. The van der Waals surface area contributed by atoms with E-state index in [1.807, 2.05) is 30.3 Å². The quantitative estimate of drug-likeness (QED) is 0.697. The summed E-state index contributed by atoms with van der Waals surface area (Å²) in [5, 5.41) is 12.6. The molecule has 0 atom stereocenters. The summed E-state index contributed by atoms with van der Waals surface area (Å²) in [5.41, 5.74) is 0.773. The molecule has 1 aromatic heterocycles. The first-order valence-electron chi connectivity index (χ1n) is 6.56. The number of carbonyl (C=O) groups excluding carboxylic acids is 1. The van der Waals surface area contributed by atoms with E-state index < -0.39 is 0 Å². The first kappa shape index (κ1) is 12.4. The Bertz CT molecular complexity index is 979. The second-order valence-electron chi connectivity index (χ2n) is 4.60. The van der Waals surface area contributed by atoms with Gasteiger partial charge in [-0.05, 0) is 28.6 Å². The molecule has 0 spiro atoms. The van der Waals surface area contributed by atoms with Crippen LogP contribution in [0, 0.1) is 0 Å². The number of benzene rings is 2. The van der Waals surface area contributed by atoms with Crippen LogP contribution in [0.15, 0.2) is 53.5 Å². The number of carbonyl (C=O) groups is 1. The van der Waals surface area contributed by atoms with Crippen LogP contribution in [-0.2, 0) is 4.79 Å². The van der Waals surface area contributed by atoms with Gasteiger partial charge in [-0.2, -0.15) is 4.68 Å². The van der Waals surface area contributed by atoms with Crippen LogP contribution in [0.5, 0.6) is 11.8 Å². The Hall–Kier alpha value is -3.35. The number of rotatable bonds is 3. The summed E-state index contributed by atoms with van der Waals surface area (Å²) in [4.78, 5) is 15.4. The first-order chi connectivity index (χ1) is 10.8. The van der Waals surface area contributed by atoms with Crippen LogP contribution in [-0.4, -0.2) is 26.1 Å². The number of fused-ring (bicyclic) bond motifs is 1. The molecule has 3 aromatic rings. The van der Waals surface area contributed by atoms with Crippen LogP contribution in [0.1, 0.15) is 0 Å². The molecule has 1 aliphatic heterocycles. The van der Waals surface area contributed by atoms with E-state index >= 15 is 0 Å². The number of para-hydroxylation sites is 2. The van der Waals surface area contributed by atoms with Crippen molar-refractivity contribution in [1.82, 2.24) is 20.2 Å². The highest BCUT2D eigenvalue weighted by Gasteiger charge is 2.14. The average Bonchev–Trinajstić information content (AvgIpc) is 3.14. The van der Waals surface area contributed by atoms with E-state index in [2.05, 4.69) is 20.5 Å². The number of hydrogen-bond donors (Lipinski definition) is 0. The molecule has 0 fully saturated rings. The second-order valence-corrected chi connectivity index (χ2v) is 4.60. The lowest BCUT2D eigenvalue weighted by molar-refractivity contribution is -0.112. The van der Waals surface area contributed by atoms with Gasteiger partial charge in [0.1, 0.15) is 5.36 Å². The predicted molar refractivity (Wildman–Crippen MR) is 75.9 cm³/mol. The summed E-state index contributed by atoms with van der Waals surface area (Å²) in [6, 6.07) is 14.9. The van der Waals surface area contributed by atoms with Gasteiger partial charge in [-0.25, -0.2) is 4.99 Å². The van der Waals surface area contributed by atoms with Gasteiger partial charge in [0.25, 0.3) is 5.91 Å². The topological polar surface area (TPSA) is 82.3 Å². The second kappa shape index (κ2) is 4.88. The maximum Gasteiger partial charge on any atom is 0.345 e. The van der Waals surface area contributed by atoms with Crippen molar-refractivity contribution in [2.75, 3.05) is 0 Å². The molecule has 7 heteroatoms. The Kier molecular flexibility index (Phi) is 2.75. The lowest BCUT2D eigenvalue weighted by Gasteiger charge is -2.05. The molecule has 2 aromatic carbocycles. The molecule has 0 aliphatic carbocycles. The third kappa shape index (κ3) is 2.05. The lowest BCUT2D eigenvalue weighted by Crippen LogP contribution is -2.23. The van der Waals surface area contributed by atoms with Gasteiger partial charge in [0.2, 0.25) is 0 Å². The zero-order chi connectivity index (χ0) is 14.9. The van der Waals surface area contributed by atoms with Gasteiger partial charge in [0, 0.05) is 11.3 Å². The minimum atomic E-state index is -0.297. The Morgan fingerprint density at radius 3 is 2.73 bits per heavy atom. The minimum Gasteiger partial charge on any atom is -0.421 e. The molecular weight excluding hydrogens is 282 g/mol. The number of tetrazole rings is 1. The Morgan fingerprint density at radius 2 is 1.86 bits per heavy atom. The van der Waals surface area contributed by atoms with Gasteiger partial charge in [-0.3, -0.25) is 4.79 Å². The Labute approximate surface area is 124 Å². The molecule has 0 unspecified atom stereocenters. The molecule has 4 rings (SSSR count). The maximum absolute atomic E-state index is 11.4. The molecule has 106 valence electrons. The molecule has 7 nitrogen and oxygen atoms in total. The van der Waals surface area contributed by atoms with E-state index in [1.165, 1.54) is 10.8 Å². The van der Waals surface area contributed by atoms with Gasteiger partial charge in [-0.15, -0.1) is 0 Å². The van der Waals surface area contributed by atoms with E-state index in [9.17, 15) is 4.79 Å². The van der Waals surface area contributed by atoms with Gasteiger partial charge in [0.05, 0.1) is 5.69 Å². The molecule has 0 bridgehead atoms. The smallest absolute Gasteiger partial charge is 0.345 e. The molecule has 1 aliphatic rings. The summed E-state index contributed by atoms with van der Waals surface area (Å²) < 4.78 is 7.23. The zero-order valence-corrected chi connectivity index (χ0v) is 11.2. The number of amides is 1. The Balaban J connectivity index is 1.78. The van der Waals surface area contributed by atoms with Crippen LogP contribution < -0.4 is 15.3 Å². The largest absolute Gasteiger partial charge is 0.421 e. The monoisotopic (exact) mass is 291 g/mol. The molecule has 0 N–H and O–H groups in total. The lowest BCUT2D eigenvalue weighted by atomic mass is 10.3. The fourth-order valence-electron chi connectivity index (χ4n) is 2.21. The third-order valence-corrected chi connectivity index (χ3v) is 3.17. The van der Waals surface area contributed by atoms with Crippen LogP contribution in [0.3, 0.4) is 0 Å². The highest BCUT2D eigenvalue weighted by Crippen LogP contribution is 2.17. The molecule has 0 radical (unpaired) electrons. The van der Waals surface area contributed by atoms with E-state index in [0.717, 1.165) is 10.9 Å². The number of ether oxygens (including phenoxy) is 1. The van der Waals surface area contributed by atoms with E-state index in [-0.39, 0.29) is 11.9 Å². The van der Waals surface area contributed by atoms with Crippen LogP contribution in [0.25, 0.3) is 11.8 Å². The summed E-state index contributed by atoms with van der Waals surface area (Å²) in [5.74, 6) is 0.139. The molecular formula is C15H9N5O2. The number of aromatic nitrogens is 4. The summed E-state index contributed by atoms with van der Waals surface area (Å²) in [6.45, 7) is 0. The zero-order valence-electron chi connectivity index (χ0n) is 11.2. The fourth-order valence-corrected chi connectivity index (χ4v) is 2.21. The molecule has 1 amide bonds. The SMILES string of the molecule is O=C1C=c2cccc(Oc3nnnn3-c3ccccc3)c2=N1.